The van der Waals surface area contributed by atoms with Crippen molar-refractivity contribution in [2.75, 3.05) is 19.6 Å². The number of fused-ring (bicyclic) bond motifs is 14. The fourth-order valence-corrected chi connectivity index (χ4v) is 23.8. The van der Waals surface area contributed by atoms with Crippen molar-refractivity contribution in [2.45, 2.75) is 77.0 Å². The summed E-state index contributed by atoms with van der Waals surface area (Å²) in [6.45, 7) is 35.7. The van der Waals surface area contributed by atoms with E-state index in [4.69, 9.17) is 13.1 Å². The van der Waals surface area contributed by atoms with Gasteiger partial charge in [-0.1, -0.05) is 286 Å². The van der Waals surface area contributed by atoms with Gasteiger partial charge in [-0.2, -0.15) is 10.5 Å². The van der Waals surface area contributed by atoms with Gasteiger partial charge in [-0.05, 0) is 288 Å². The highest BCUT2D eigenvalue weighted by Crippen LogP contribution is 2.60. The lowest BCUT2D eigenvalue weighted by atomic mass is 9.73. The van der Waals surface area contributed by atoms with Gasteiger partial charge in [-0.25, -0.2) is 9.69 Å². The van der Waals surface area contributed by atoms with Crippen molar-refractivity contribution in [1.82, 2.24) is 9.13 Å². The summed E-state index contributed by atoms with van der Waals surface area (Å²) in [5.74, 6) is 0. The standard InChI is InChI=1S/C130H92N10/c1-127(2)103-37-11-19-47-117(103)137(118-48-20-12-38-104(118)127)91-63-67-113-99(73-91)100-74-92(138-119-49-21-13-39-105(119)128(3,4)106-40-14-22-50-120(106)138)64-68-114(100)135(113)89-59-55-81(56-60-89)95-78-98(84-32-28-34-86(72-84)126-111(133-9)45-30-46-112(126)134-10)96(77-97(95)83-31-27-33-85(71-83)125-87(79-131)35-29-36-88(125)80-132)82-57-61-90(62-58-82)136-115-69-65-93(139-121-51-23-15-41-107(121)129(5,6)108-42-16-24-52-122(108)139)75-101(115)102-76-94(66-70-116(102)136)140-123-53-25-17-43-109(123)130(7,8)110-44-18-26-54-124(110)140/h11-78H,1-8H3. The summed E-state index contributed by atoms with van der Waals surface area (Å²) in [5.41, 5.74) is 40.1. The highest BCUT2D eigenvalue weighted by molar-refractivity contribution is 6.15. The van der Waals surface area contributed by atoms with Gasteiger partial charge in [0.05, 0.1) is 104 Å². The van der Waals surface area contributed by atoms with Crippen molar-refractivity contribution < 1.29 is 0 Å². The summed E-state index contributed by atoms with van der Waals surface area (Å²) in [7, 11) is 0. The molecule has 0 spiro atoms. The second-order valence-electron chi connectivity index (χ2n) is 39.5. The topological polar surface area (TPSA) is 79.1 Å². The van der Waals surface area contributed by atoms with Crippen LogP contribution in [0.15, 0.2) is 413 Å². The molecular formula is C130H92N10. The minimum atomic E-state index is -0.253. The predicted molar refractivity (Wildman–Crippen MR) is 577 cm³/mol. The van der Waals surface area contributed by atoms with E-state index in [9.17, 15) is 10.5 Å². The number of benzene rings is 19. The molecule has 19 aromatic carbocycles. The molecule has 25 rings (SSSR count). The van der Waals surface area contributed by atoms with Crippen LogP contribution in [-0.4, -0.2) is 9.13 Å². The van der Waals surface area contributed by atoms with Crippen LogP contribution >= 0.6 is 0 Å². The van der Waals surface area contributed by atoms with Crippen molar-refractivity contribution in [3.05, 3.63) is 491 Å². The Hall–Kier alpha value is -18.1. The summed E-state index contributed by atoms with van der Waals surface area (Å²) in [6, 6.07) is 154. The van der Waals surface area contributed by atoms with E-state index in [1.165, 1.54) is 44.5 Å². The van der Waals surface area contributed by atoms with Crippen molar-refractivity contribution in [3.8, 4) is 90.3 Å². The molecule has 140 heavy (non-hydrogen) atoms. The maximum atomic E-state index is 10.9. The summed E-state index contributed by atoms with van der Waals surface area (Å²) < 4.78 is 4.85. The van der Waals surface area contributed by atoms with Crippen LogP contribution in [0.3, 0.4) is 0 Å². The highest BCUT2D eigenvalue weighted by atomic mass is 15.2. The van der Waals surface area contributed by atoms with E-state index in [2.05, 4.69) is 458 Å². The Morgan fingerprint density at radius 2 is 0.443 bits per heavy atom. The summed E-state index contributed by atoms with van der Waals surface area (Å²) in [4.78, 5) is 17.9. The molecule has 662 valence electrons. The van der Waals surface area contributed by atoms with Crippen LogP contribution in [0.5, 0.6) is 0 Å². The number of nitriles is 2. The number of rotatable bonds is 12. The predicted octanol–water partition coefficient (Wildman–Crippen LogP) is 35.2. The number of para-hydroxylation sites is 8. The average molecular weight is 1790 g/mol. The van der Waals surface area contributed by atoms with Crippen LogP contribution in [0.2, 0.25) is 0 Å². The van der Waals surface area contributed by atoms with E-state index in [0.29, 0.717) is 33.6 Å². The first-order valence-electron chi connectivity index (χ1n) is 47.9. The molecule has 10 heteroatoms. The van der Waals surface area contributed by atoms with Crippen molar-refractivity contribution >= 4 is 123 Å². The van der Waals surface area contributed by atoms with E-state index in [1.54, 1.807) is 36.4 Å². The number of nitrogens with zero attached hydrogens (tertiary/aromatic N) is 10. The first-order chi connectivity index (χ1) is 68.3. The number of hydrogen-bond donors (Lipinski definition) is 0. The third kappa shape index (κ3) is 12.7. The van der Waals surface area contributed by atoms with Gasteiger partial charge >= 0.3 is 0 Å². The van der Waals surface area contributed by atoms with Crippen LogP contribution in [0.25, 0.3) is 131 Å². The van der Waals surface area contributed by atoms with Crippen molar-refractivity contribution in [2.24, 2.45) is 0 Å². The largest absolute Gasteiger partial charge is 0.310 e. The second kappa shape index (κ2) is 31.8. The molecule has 0 atom stereocenters. The average Bonchev–Trinajstić information content (AvgIpc) is 1.42. The van der Waals surface area contributed by atoms with Gasteiger partial charge in [-0.3, -0.25) is 0 Å². The molecule has 10 nitrogen and oxygen atoms in total. The van der Waals surface area contributed by atoms with Crippen molar-refractivity contribution in [1.29, 1.82) is 10.5 Å². The first-order valence-corrected chi connectivity index (χ1v) is 47.9. The summed E-state index contributed by atoms with van der Waals surface area (Å²) >= 11 is 0. The van der Waals surface area contributed by atoms with Gasteiger partial charge in [0, 0.05) is 82.9 Å². The van der Waals surface area contributed by atoms with Gasteiger partial charge in [-0.15, -0.1) is 0 Å². The maximum absolute atomic E-state index is 10.9. The molecule has 2 aromatic heterocycles. The summed E-state index contributed by atoms with van der Waals surface area (Å²) in [5, 5.41) is 26.2. The van der Waals surface area contributed by atoms with Crippen LogP contribution in [0.1, 0.15) is 111 Å². The third-order valence-corrected chi connectivity index (χ3v) is 30.6. The quantitative estimate of drug-likeness (QED) is 0.113. The third-order valence-electron chi connectivity index (χ3n) is 30.6. The zero-order valence-corrected chi connectivity index (χ0v) is 78.7. The molecule has 0 saturated heterocycles. The Morgan fingerprint density at radius 1 is 0.214 bits per heavy atom. The lowest BCUT2D eigenvalue weighted by molar-refractivity contribution is 0.632. The Kier molecular flexibility index (Phi) is 19.0. The molecule has 0 radical (unpaired) electrons. The van der Waals surface area contributed by atoms with Gasteiger partial charge < -0.3 is 28.7 Å². The molecule has 0 bridgehead atoms. The van der Waals surface area contributed by atoms with Gasteiger partial charge in [0.25, 0.3) is 0 Å². The van der Waals surface area contributed by atoms with Crippen LogP contribution in [0.4, 0.5) is 79.6 Å². The second-order valence-corrected chi connectivity index (χ2v) is 39.5. The molecule has 0 unspecified atom stereocenters. The maximum Gasteiger partial charge on any atom is 0.184 e. The fourth-order valence-electron chi connectivity index (χ4n) is 23.8. The molecule has 0 fully saturated rings. The molecular weight excluding hydrogens is 1700 g/mol. The lowest BCUT2D eigenvalue weighted by Gasteiger charge is -2.42. The lowest BCUT2D eigenvalue weighted by Crippen LogP contribution is -2.30. The van der Waals surface area contributed by atoms with E-state index in [1.807, 2.05) is 24.3 Å². The van der Waals surface area contributed by atoms with Crippen LogP contribution < -0.4 is 19.6 Å². The SMILES string of the molecule is [C-]#[N+]c1cccc([N+]#[C-])c1-c1cccc(-c2cc(-c3ccc(-n4c5ccc(N6c7ccccc7C(C)(C)c7ccccc76)cc5c5cc(N6c7ccccc7C(C)(C)c7ccccc76)ccc54)cc3)c(-c3cccc(-c4c(C#N)cccc4C#N)c3)cc2-c2ccc(-n3c4ccc(N5c6ccccc6C(C)(C)c6ccccc65)cc4c4cc(N5c6ccccc6C(C)(C)c6ccccc65)ccc43)cc2)c1. The summed E-state index contributed by atoms with van der Waals surface area (Å²) in [6.07, 6.45) is 0. The van der Waals surface area contributed by atoms with Gasteiger partial charge in [0.1, 0.15) is 0 Å². The molecule has 6 heterocycles. The van der Waals surface area contributed by atoms with Gasteiger partial charge in [0.2, 0.25) is 0 Å². The Balaban J connectivity index is 0.693. The minimum absolute atomic E-state index is 0.253. The Bertz CT molecular complexity index is 7920. The number of anilines is 12. The zero-order valence-electron chi connectivity index (χ0n) is 78.7. The molecule has 0 saturated carbocycles. The molecule has 4 aliphatic rings. The number of hydrogen-bond acceptors (Lipinski definition) is 6. The number of aromatic nitrogens is 2. The molecule has 0 aliphatic carbocycles. The molecule has 0 N–H and O–H groups in total. The van der Waals surface area contributed by atoms with E-state index in [0.717, 1.165) is 179 Å². The van der Waals surface area contributed by atoms with E-state index >= 15 is 0 Å². The van der Waals surface area contributed by atoms with E-state index in [-0.39, 0.29) is 21.7 Å². The van der Waals surface area contributed by atoms with Gasteiger partial charge in [0.15, 0.2) is 11.4 Å². The normalized spacial score (nSPS) is 14.1. The molecule has 4 aliphatic heterocycles. The van der Waals surface area contributed by atoms with Crippen molar-refractivity contribution in [3.63, 3.8) is 0 Å². The molecule has 0 amide bonds. The smallest absolute Gasteiger partial charge is 0.184 e. The zero-order chi connectivity index (χ0) is 94.9. The highest BCUT2D eigenvalue weighted by Gasteiger charge is 2.43. The van der Waals surface area contributed by atoms with Crippen LogP contribution in [0, 0.1) is 35.8 Å². The van der Waals surface area contributed by atoms with E-state index < -0.39 is 0 Å². The molecule has 21 aromatic rings. The monoisotopic (exact) mass is 1790 g/mol. The minimum Gasteiger partial charge on any atom is -0.310 e. The first kappa shape index (κ1) is 83.7. The fraction of sp³-hybridized carbons (Fsp3) is 0.0923. The Labute approximate surface area is 815 Å². The Morgan fingerprint density at radius 3 is 0.707 bits per heavy atom. The van der Waals surface area contributed by atoms with Crippen LogP contribution in [-0.2, 0) is 21.7 Å².